The second-order valence-electron chi connectivity index (χ2n) is 4.22. The highest BCUT2D eigenvalue weighted by molar-refractivity contribution is 7.99. The van der Waals surface area contributed by atoms with Crippen molar-refractivity contribution in [2.75, 3.05) is 18.6 Å². The average Bonchev–Trinajstić information content (AvgIpc) is 2.94. The summed E-state index contributed by atoms with van der Waals surface area (Å²) >= 11 is 1.71. The van der Waals surface area contributed by atoms with E-state index < -0.39 is 0 Å². The van der Waals surface area contributed by atoms with Gasteiger partial charge in [-0.3, -0.25) is 0 Å². The van der Waals surface area contributed by atoms with Crippen LogP contribution in [0, 0.1) is 0 Å². The van der Waals surface area contributed by atoms with Crippen molar-refractivity contribution in [3.8, 4) is 0 Å². The molecule has 2 heterocycles. The molecule has 1 aliphatic rings. The van der Waals surface area contributed by atoms with Gasteiger partial charge in [0.2, 0.25) is 11.7 Å². The van der Waals surface area contributed by atoms with Gasteiger partial charge < -0.3 is 14.4 Å². The molecule has 3 atom stereocenters. The molecule has 0 bridgehead atoms. The lowest BCUT2D eigenvalue weighted by molar-refractivity contribution is 0.0854. The first-order chi connectivity index (χ1) is 8.26. The van der Waals surface area contributed by atoms with Crippen molar-refractivity contribution in [1.82, 2.24) is 10.1 Å². The van der Waals surface area contributed by atoms with Crippen molar-refractivity contribution in [2.24, 2.45) is 0 Å². The minimum absolute atomic E-state index is 0.0274. The summed E-state index contributed by atoms with van der Waals surface area (Å²) in [4.78, 5) is 4.36. The van der Waals surface area contributed by atoms with E-state index in [4.69, 9.17) is 9.26 Å². The molecular weight excluding hydrogens is 240 g/mol. The van der Waals surface area contributed by atoms with E-state index in [1.165, 1.54) is 0 Å². The fraction of sp³-hybridized carbons (Fsp3) is 0.818. The van der Waals surface area contributed by atoms with E-state index in [0.717, 1.165) is 24.3 Å². The Hall–Kier alpha value is -0.590. The van der Waals surface area contributed by atoms with Crippen molar-refractivity contribution in [3.63, 3.8) is 0 Å². The van der Waals surface area contributed by atoms with E-state index >= 15 is 0 Å². The number of ether oxygens (including phenoxy) is 1. The van der Waals surface area contributed by atoms with Crippen LogP contribution in [0.4, 0.5) is 0 Å². The summed E-state index contributed by atoms with van der Waals surface area (Å²) in [7, 11) is 1.65. The highest BCUT2D eigenvalue weighted by Crippen LogP contribution is 2.32. The molecule has 5 nitrogen and oxygen atoms in total. The summed E-state index contributed by atoms with van der Waals surface area (Å²) in [5.41, 5.74) is 0. The predicted octanol–water partition coefficient (Wildman–Crippen LogP) is 1.75. The molecule has 0 spiro atoms. The second kappa shape index (κ2) is 5.84. The summed E-state index contributed by atoms with van der Waals surface area (Å²) in [5.74, 6) is 2.68. The van der Waals surface area contributed by atoms with Crippen LogP contribution < -0.4 is 0 Å². The lowest BCUT2D eigenvalue weighted by Gasteiger charge is -2.09. The average molecular weight is 258 g/mol. The van der Waals surface area contributed by atoms with Crippen LogP contribution in [-0.4, -0.2) is 40.0 Å². The number of aliphatic hydroxyl groups is 1. The third-order valence-corrected chi connectivity index (χ3v) is 4.12. The van der Waals surface area contributed by atoms with E-state index in [1.807, 2.05) is 0 Å². The van der Waals surface area contributed by atoms with Crippen LogP contribution in [0.25, 0.3) is 0 Å². The topological polar surface area (TPSA) is 68.4 Å². The van der Waals surface area contributed by atoms with Gasteiger partial charge in [0.15, 0.2) is 0 Å². The SMILES string of the molecule is CCCC(OC)c1noc(C2CSCC2O)n1. The maximum absolute atomic E-state index is 9.77. The van der Waals surface area contributed by atoms with Crippen LogP contribution in [0.2, 0.25) is 0 Å². The van der Waals surface area contributed by atoms with Crippen molar-refractivity contribution in [2.45, 2.75) is 37.9 Å². The monoisotopic (exact) mass is 258 g/mol. The van der Waals surface area contributed by atoms with Crippen LogP contribution >= 0.6 is 11.8 Å². The van der Waals surface area contributed by atoms with Gasteiger partial charge in [0.05, 0.1) is 12.0 Å². The molecule has 0 aromatic carbocycles. The minimum Gasteiger partial charge on any atom is -0.391 e. The minimum atomic E-state index is -0.375. The van der Waals surface area contributed by atoms with E-state index in [-0.39, 0.29) is 18.1 Å². The number of thioether (sulfide) groups is 1. The number of nitrogens with zero attached hydrogens (tertiary/aromatic N) is 2. The number of aliphatic hydroxyl groups excluding tert-OH is 1. The fourth-order valence-corrected chi connectivity index (χ4v) is 3.15. The molecule has 6 heteroatoms. The second-order valence-corrected chi connectivity index (χ2v) is 5.29. The summed E-state index contributed by atoms with van der Waals surface area (Å²) < 4.78 is 10.6. The van der Waals surface area contributed by atoms with Crippen molar-refractivity contribution in [1.29, 1.82) is 0 Å². The van der Waals surface area contributed by atoms with Gasteiger partial charge in [-0.25, -0.2) is 0 Å². The molecule has 1 aromatic rings. The fourth-order valence-electron chi connectivity index (χ4n) is 1.92. The van der Waals surface area contributed by atoms with Gasteiger partial charge >= 0.3 is 0 Å². The molecule has 0 radical (unpaired) electrons. The lowest BCUT2D eigenvalue weighted by Crippen LogP contribution is -2.16. The molecule has 1 N–H and O–H groups in total. The van der Waals surface area contributed by atoms with Gasteiger partial charge in [-0.2, -0.15) is 16.7 Å². The number of hydrogen-bond acceptors (Lipinski definition) is 6. The normalized spacial score (nSPS) is 26.3. The molecule has 0 aliphatic carbocycles. The molecule has 1 aromatic heterocycles. The first kappa shape index (κ1) is 12.9. The largest absolute Gasteiger partial charge is 0.391 e. The maximum Gasteiger partial charge on any atom is 0.233 e. The molecule has 1 saturated heterocycles. The Labute approximate surface area is 105 Å². The van der Waals surface area contributed by atoms with Gasteiger partial charge in [0, 0.05) is 18.6 Å². The number of aromatic nitrogens is 2. The van der Waals surface area contributed by atoms with E-state index in [1.54, 1.807) is 18.9 Å². The van der Waals surface area contributed by atoms with Crippen LogP contribution in [0.3, 0.4) is 0 Å². The van der Waals surface area contributed by atoms with Crippen LogP contribution in [-0.2, 0) is 4.74 Å². The van der Waals surface area contributed by atoms with Gasteiger partial charge in [-0.15, -0.1) is 0 Å². The Kier molecular flexibility index (Phi) is 4.42. The third kappa shape index (κ3) is 2.81. The van der Waals surface area contributed by atoms with Gasteiger partial charge in [0.1, 0.15) is 6.10 Å². The number of methoxy groups -OCH3 is 1. The Morgan fingerprint density at radius 1 is 1.59 bits per heavy atom. The quantitative estimate of drug-likeness (QED) is 0.867. The molecule has 17 heavy (non-hydrogen) atoms. The van der Waals surface area contributed by atoms with E-state index in [2.05, 4.69) is 17.1 Å². The molecule has 2 rings (SSSR count). The zero-order chi connectivity index (χ0) is 12.3. The molecule has 96 valence electrons. The maximum atomic E-state index is 9.77. The van der Waals surface area contributed by atoms with E-state index in [9.17, 15) is 5.11 Å². The molecule has 0 saturated carbocycles. The van der Waals surface area contributed by atoms with Gasteiger partial charge in [-0.05, 0) is 6.42 Å². The summed E-state index contributed by atoms with van der Waals surface area (Å²) in [5, 5.41) is 13.7. The predicted molar refractivity (Wildman–Crippen MR) is 65.0 cm³/mol. The Balaban J connectivity index is 2.09. The Morgan fingerprint density at radius 3 is 3.00 bits per heavy atom. The Morgan fingerprint density at radius 2 is 2.41 bits per heavy atom. The van der Waals surface area contributed by atoms with Crippen LogP contribution in [0.5, 0.6) is 0 Å². The van der Waals surface area contributed by atoms with Crippen LogP contribution in [0.15, 0.2) is 4.52 Å². The molecular formula is C11H18N2O3S. The van der Waals surface area contributed by atoms with Gasteiger partial charge in [-0.1, -0.05) is 18.5 Å². The van der Waals surface area contributed by atoms with Gasteiger partial charge in [0.25, 0.3) is 0 Å². The zero-order valence-corrected chi connectivity index (χ0v) is 10.9. The van der Waals surface area contributed by atoms with E-state index in [0.29, 0.717) is 11.7 Å². The molecule has 3 unspecified atom stereocenters. The number of rotatable bonds is 5. The third-order valence-electron chi connectivity index (χ3n) is 2.95. The zero-order valence-electron chi connectivity index (χ0n) is 10.1. The summed E-state index contributed by atoms with van der Waals surface area (Å²) in [6.07, 6.45) is 1.39. The summed E-state index contributed by atoms with van der Waals surface area (Å²) in [6, 6.07) is 0. The first-order valence-corrected chi connectivity index (χ1v) is 7.03. The lowest BCUT2D eigenvalue weighted by atomic mass is 10.1. The van der Waals surface area contributed by atoms with Crippen molar-refractivity contribution in [3.05, 3.63) is 11.7 Å². The standard InChI is InChI=1S/C11H18N2O3S/c1-3-4-9(15-2)10-12-11(16-13-10)7-5-17-6-8(7)14/h7-9,14H,3-6H2,1-2H3. The Bertz CT molecular complexity index is 358. The highest BCUT2D eigenvalue weighted by Gasteiger charge is 2.32. The van der Waals surface area contributed by atoms with Crippen LogP contribution in [0.1, 0.15) is 43.5 Å². The molecule has 1 aliphatic heterocycles. The molecule has 0 amide bonds. The highest BCUT2D eigenvalue weighted by atomic mass is 32.2. The molecule has 1 fully saturated rings. The number of hydrogen-bond donors (Lipinski definition) is 1. The van der Waals surface area contributed by atoms with Crippen molar-refractivity contribution < 1.29 is 14.4 Å². The smallest absolute Gasteiger partial charge is 0.233 e. The summed E-state index contributed by atoms with van der Waals surface area (Å²) in [6.45, 7) is 2.09. The first-order valence-electron chi connectivity index (χ1n) is 5.88. The van der Waals surface area contributed by atoms with Crippen molar-refractivity contribution >= 4 is 11.8 Å².